The van der Waals surface area contributed by atoms with Crippen LogP contribution < -0.4 is 5.32 Å². The van der Waals surface area contributed by atoms with Crippen LogP contribution in [0.2, 0.25) is 10.0 Å². The Balaban J connectivity index is 1.20. The second kappa shape index (κ2) is 12.0. The van der Waals surface area contributed by atoms with Crippen LogP contribution in [0.5, 0.6) is 0 Å². The topological polar surface area (TPSA) is 71.3 Å². The molecule has 2 aromatic carbocycles. The molecule has 1 aliphatic heterocycles. The van der Waals surface area contributed by atoms with Gasteiger partial charge in [-0.3, -0.25) is 9.69 Å². The Bertz CT molecular complexity index is 1090. The Labute approximate surface area is 212 Å². The van der Waals surface area contributed by atoms with E-state index in [0.717, 1.165) is 30.7 Å². The van der Waals surface area contributed by atoms with E-state index in [1.165, 1.54) is 12.1 Å². The van der Waals surface area contributed by atoms with E-state index in [0.29, 0.717) is 52.7 Å². The summed E-state index contributed by atoms with van der Waals surface area (Å²) in [6.45, 7) is 2.58. The van der Waals surface area contributed by atoms with Crippen LogP contribution in [0.25, 0.3) is 11.4 Å². The molecule has 1 N–H and O–H groups in total. The zero-order chi connectivity index (χ0) is 23.9. The SMILES string of the molecule is O=C(NCCSCc1c(Cl)cccc1Cl)C1CCCN(Cc2nc(-c3ccc(F)cc3)no2)C1. The molecule has 3 aromatic rings. The smallest absolute Gasteiger partial charge is 0.241 e. The number of nitrogens with one attached hydrogen (secondary N) is 1. The predicted molar refractivity (Wildman–Crippen MR) is 133 cm³/mol. The van der Waals surface area contributed by atoms with Crippen molar-refractivity contribution in [1.29, 1.82) is 0 Å². The van der Waals surface area contributed by atoms with Crippen LogP contribution in [-0.2, 0) is 17.1 Å². The number of halogens is 3. The first-order valence-corrected chi connectivity index (χ1v) is 13.0. The highest BCUT2D eigenvalue weighted by molar-refractivity contribution is 7.98. The van der Waals surface area contributed by atoms with Gasteiger partial charge in [-0.25, -0.2) is 4.39 Å². The highest BCUT2D eigenvalue weighted by atomic mass is 35.5. The highest BCUT2D eigenvalue weighted by Gasteiger charge is 2.26. The monoisotopic (exact) mass is 522 g/mol. The van der Waals surface area contributed by atoms with E-state index in [1.54, 1.807) is 23.9 Å². The molecule has 1 aromatic heterocycles. The summed E-state index contributed by atoms with van der Waals surface area (Å²) in [7, 11) is 0. The van der Waals surface area contributed by atoms with E-state index >= 15 is 0 Å². The summed E-state index contributed by atoms with van der Waals surface area (Å²) in [6.07, 6.45) is 1.78. The van der Waals surface area contributed by atoms with Crippen molar-refractivity contribution >= 4 is 40.9 Å². The van der Waals surface area contributed by atoms with E-state index in [4.69, 9.17) is 27.7 Å². The number of carbonyl (C=O) groups excluding carboxylic acids is 1. The van der Waals surface area contributed by atoms with Crippen molar-refractivity contribution in [3.63, 3.8) is 0 Å². The number of thioether (sulfide) groups is 1. The van der Waals surface area contributed by atoms with Crippen molar-refractivity contribution in [1.82, 2.24) is 20.4 Å². The maximum absolute atomic E-state index is 13.1. The van der Waals surface area contributed by atoms with Crippen LogP contribution in [0.3, 0.4) is 0 Å². The molecule has 1 aliphatic rings. The third kappa shape index (κ3) is 6.72. The maximum Gasteiger partial charge on any atom is 0.241 e. The number of rotatable bonds is 9. The minimum absolute atomic E-state index is 0.0682. The predicted octanol–water partition coefficient (Wildman–Crippen LogP) is 5.44. The Kier molecular flexibility index (Phi) is 8.83. The summed E-state index contributed by atoms with van der Waals surface area (Å²) in [5, 5.41) is 8.37. The van der Waals surface area contributed by atoms with Gasteiger partial charge in [-0.05, 0) is 61.3 Å². The Morgan fingerprint density at radius 1 is 1.21 bits per heavy atom. The second-order valence-corrected chi connectivity index (χ2v) is 10.1. The average molecular weight is 523 g/mol. The Hall–Kier alpha value is -2.13. The van der Waals surface area contributed by atoms with Crippen LogP contribution in [0.4, 0.5) is 4.39 Å². The molecule has 180 valence electrons. The first kappa shape index (κ1) is 25.0. The van der Waals surface area contributed by atoms with Gasteiger partial charge in [0.25, 0.3) is 0 Å². The van der Waals surface area contributed by atoms with Gasteiger partial charge in [-0.15, -0.1) is 0 Å². The first-order valence-electron chi connectivity index (χ1n) is 11.1. The van der Waals surface area contributed by atoms with Crippen molar-refractivity contribution in [2.24, 2.45) is 5.92 Å². The van der Waals surface area contributed by atoms with Crippen LogP contribution in [0, 0.1) is 11.7 Å². The number of likely N-dealkylation sites (tertiary alicyclic amines) is 1. The third-order valence-corrected chi connectivity index (χ3v) is 7.35. The fourth-order valence-electron chi connectivity index (χ4n) is 3.87. The lowest BCUT2D eigenvalue weighted by atomic mass is 9.97. The molecule has 34 heavy (non-hydrogen) atoms. The van der Waals surface area contributed by atoms with Crippen molar-refractivity contribution in [2.45, 2.75) is 25.1 Å². The van der Waals surface area contributed by atoms with E-state index in [-0.39, 0.29) is 17.6 Å². The van der Waals surface area contributed by atoms with Crippen LogP contribution in [0.1, 0.15) is 24.3 Å². The van der Waals surface area contributed by atoms with Gasteiger partial charge in [0.15, 0.2) is 0 Å². The number of aromatic nitrogens is 2. The zero-order valence-electron chi connectivity index (χ0n) is 18.5. The highest BCUT2D eigenvalue weighted by Crippen LogP contribution is 2.28. The van der Waals surface area contributed by atoms with E-state index in [1.807, 2.05) is 18.2 Å². The minimum Gasteiger partial charge on any atom is -0.355 e. The maximum atomic E-state index is 13.1. The van der Waals surface area contributed by atoms with Gasteiger partial charge >= 0.3 is 0 Å². The van der Waals surface area contributed by atoms with E-state index in [2.05, 4.69) is 20.4 Å². The Morgan fingerprint density at radius 3 is 2.74 bits per heavy atom. The molecule has 1 amide bonds. The van der Waals surface area contributed by atoms with E-state index in [9.17, 15) is 9.18 Å². The van der Waals surface area contributed by atoms with Gasteiger partial charge in [0.1, 0.15) is 5.82 Å². The van der Waals surface area contributed by atoms with Gasteiger partial charge in [0.05, 0.1) is 12.5 Å². The number of piperidine rings is 1. The molecule has 0 radical (unpaired) electrons. The molecule has 0 bridgehead atoms. The molecular formula is C24H25Cl2FN4O2S. The molecule has 2 heterocycles. The van der Waals surface area contributed by atoms with Gasteiger partial charge < -0.3 is 9.84 Å². The number of benzene rings is 2. The zero-order valence-corrected chi connectivity index (χ0v) is 20.8. The number of carbonyl (C=O) groups is 1. The van der Waals surface area contributed by atoms with E-state index < -0.39 is 0 Å². The third-order valence-electron chi connectivity index (χ3n) is 5.66. The molecule has 1 saturated heterocycles. The first-order chi connectivity index (χ1) is 16.5. The second-order valence-electron chi connectivity index (χ2n) is 8.14. The van der Waals surface area contributed by atoms with Gasteiger partial charge in [-0.1, -0.05) is 34.4 Å². The van der Waals surface area contributed by atoms with Gasteiger partial charge in [-0.2, -0.15) is 16.7 Å². The molecule has 1 unspecified atom stereocenters. The lowest BCUT2D eigenvalue weighted by Gasteiger charge is -2.30. The molecule has 10 heteroatoms. The van der Waals surface area contributed by atoms with Gasteiger partial charge in [0.2, 0.25) is 17.6 Å². The summed E-state index contributed by atoms with van der Waals surface area (Å²) in [4.78, 5) is 19.3. The summed E-state index contributed by atoms with van der Waals surface area (Å²) in [5.41, 5.74) is 1.62. The fraction of sp³-hybridized carbons (Fsp3) is 0.375. The van der Waals surface area contributed by atoms with Crippen molar-refractivity contribution < 1.29 is 13.7 Å². The molecule has 0 saturated carbocycles. The molecule has 0 spiro atoms. The lowest BCUT2D eigenvalue weighted by molar-refractivity contribution is -0.126. The average Bonchev–Trinajstić information content (AvgIpc) is 3.29. The number of amides is 1. The molecule has 0 aliphatic carbocycles. The molecule has 1 atom stereocenters. The quantitative estimate of drug-likeness (QED) is 0.377. The molecule has 1 fully saturated rings. The summed E-state index contributed by atoms with van der Waals surface area (Å²) < 4.78 is 18.5. The normalized spacial score (nSPS) is 16.5. The minimum atomic E-state index is -0.311. The van der Waals surface area contributed by atoms with Crippen LogP contribution in [0.15, 0.2) is 47.0 Å². The van der Waals surface area contributed by atoms with Crippen molar-refractivity contribution in [2.75, 3.05) is 25.4 Å². The molecule has 6 nitrogen and oxygen atoms in total. The van der Waals surface area contributed by atoms with Crippen molar-refractivity contribution in [3.8, 4) is 11.4 Å². The van der Waals surface area contributed by atoms with Crippen LogP contribution in [-0.4, -0.2) is 46.3 Å². The summed E-state index contributed by atoms with van der Waals surface area (Å²) in [5.74, 6) is 2.07. The number of hydrogen-bond acceptors (Lipinski definition) is 6. The fourth-order valence-corrected chi connectivity index (χ4v) is 5.47. The Morgan fingerprint density at radius 2 is 1.97 bits per heavy atom. The number of hydrogen-bond donors (Lipinski definition) is 1. The summed E-state index contributed by atoms with van der Waals surface area (Å²) in [6, 6.07) is 11.5. The van der Waals surface area contributed by atoms with Gasteiger partial charge in [0, 0.05) is 40.2 Å². The largest absolute Gasteiger partial charge is 0.355 e. The standard InChI is InChI=1S/C24H25Cl2FN4O2S/c25-20-4-1-5-21(26)19(20)15-34-12-10-28-24(32)17-3-2-11-31(13-17)14-22-29-23(30-33-22)16-6-8-18(27)9-7-16/h1,4-9,17H,2-3,10-15H2,(H,28,32). The number of nitrogens with zero attached hydrogens (tertiary/aromatic N) is 3. The van der Waals surface area contributed by atoms with Crippen molar-refractivity contribution in [3.05, 3.63) is 69.8 Å². The molecular weight excluding hydrogens is 498 g/mol. The molecule has 4 rings (SSSR count). The lowest BCUT2D eigenvalue weighted by Crippen LogP contribution is -2.43. The van der Waals surface area contributed by atoms with Crippen LogP contribution >= 0.6 is 35.0 Å². The summed E-state index contributed by atoms with van der Waals surface area (Å²) >= 11 is 14.1.